The fourth-order valence-electron chi connectivity index (χ4n) is 2.85. The molecule has 0 aliphatic carbocycles. The van der Waals surface area contributed by atoms with Crippen molar-refractivity contribution < 1.29 is 19.0 Å². The fourth-order valence-corrected chi connectivity index (χ4v) is 2.85. The second kappa shape index (κ2) is 12.2. The van der Waals surface area contributed by atoms with Gasteiger partial charge in [0.2, 0.25) is 5.91 Å². The highest BCUT2D eigenvalue weighted by Crippen LogP contribution is 2.19. The smallest absolute Gasteiger partial charge is 0.243 e. The number of carbonyl (C=O) groups excluding carboxylic acids is 1. The minimum absolute atomic E-state index is 0.142. The number of amides is 1. The zero-order valence-corrected chi connectivity index (χ0v) is 18.5. The standard InChI is InChI=1S/C26H30N2O4/c1-20(2)19-32-25-13-6-8-21(16-25)27-18-26(29)28-22-9-7-12-24(17-22)31-15-14-30-23-10-4-3-5-11-23/h3-13,16-17,20,27H,14-15,18-19H2,1-2H3,(H,28,29). The van der Waals surface area contributed by atoms with Crippen molar-refractivity contribution in [1.82, 2.24) is 0 Å². The molecule has 0 bridgehead atoms. The lowest BCUT2D eigenvalue weighted by Crippen LogP contribution is -2.21. The molecule has 0 spiro atoms. The van der Waals surface area contributed by atoms with E-state index in [1.54, 1.807) is 6.07 Å². The number of benzene rings is 3. The van der Waals surface area contributed by atoms with E-state index in [1.165, 1.54) is 0 Å². The van der Waals surface area contributed by atoms with Crippen molar-refractivity contribution in [1.29, 1.82) is 0 Å². The molecule has 0 aromatic heterocycles. The van der Waals surface area contributed by atoms with Gasteiger partial charge in [0, 0.05) is 23.5 Å². The van der Waals surface area contributed by atoms with Crippen molar-refractivity contribution in [2.45, 2.75) is 13.8 Å². The molecule has 0 radical (unpaired) electrons. The van der Waals surface area contributed by atoms with Gasteiger partial charge in [-0.15, -0.1) is 0 Å². The quantitative estimate of drug-likeness (QED) is 0.382. The van der Waals surface area contributed by atoms with Gasteiger partial charge < -0.3 is 24.8 Å². The first-order valence-electron chi connectivity index (χ1n) is 10.8. The van der Waals surface area contributed by atoms with Gasteiger partial charge in [0.25, 0.3) is 0 Å². The predicted octanol–water partition coefficient (Wildman–Crippen LogP) is 5.23. The van der Waals surface area contributed by atoms with Crippen LogP contribution in [-0.4, -0.2) is 32.3 Å². The van der Waals surface area contributed by atoms with E-state index in [9.17, 15) is 4.79 Å². The van der Waals surface area contributed by atoms with Crippen LogP contribution < -0.4 is 24.8 Å². The highest BCUT2D eigenvalue weighted by molar-refractivity contribution is 5.93. The number of ether oxygens (including phenoxy) is 3. The van der Waals surface area contributed by atoms with Gasteiger partial charge in [-0.2, -0.15) is 0 Å². The maximum atomic E-state index is 12.3. The molecule has 0 atom stereocenters. The molecule has 6 nitrogen and oxygen atoms in total. The molecule has 32 heavy (non-hydrogen) atoms. The molecule has 2 N–H and O–H groups in total. The van der Waals surface area contributed by atoms with Gasteiger partial charge in [-0.25, -0.2) is 0 Å². The van der Waals surface area contributed by atoms with Gasteiger partial charge >= 0.3 is 0 Å². The molecule has 0 saturated heterocycles. The molecule has 0 fully saturated rings. The van der Waals surface area contributed by atoms with Crippen molar-refractivity contribution in [3.05, 3.63) is 78.9 Å². The van der Waals surface area contributed by atoms with E-state index in [2.05, 4.69) is 24.5 Å². The SMILES string of the molecule is CC(C)COc1cccc(NCC(=O)Nc2cccc(OCCOc3ccccc3)c2)c1. The zero-order valence-electron chi connectivity index (χ0n) is 18.5. The third-order valence-electron chi connectivity index (χ3n) is 4.35. The molecule has 1 amide bonds. The van der Waals surface area contributed by atoms with Crippen LogP contribution in [0, 0.1) is 5.92 Å². The van der Waals surface area contributed by atoms with Gasteiger partial charge in [0.05, 0.1) is 13.2 Å². The Morgan fingerprint density at radius 2 is 1.34 bits per heavy atom. The van der Waals surface area contributed by atoms with E-state index >= 15 is 0 Å². The van der Waals surface area contributed by atoms with Crippen molar-refractivity contribution in [3.63, 3.8) is 0 Å². The number of hydrogen-bond acceptors (Lipinski definition) is 5. The van der Waals surface area contributed by atoms with Crippen molar-refractivity contribution >= 4 is 17.3 Å². The Hall–Kier alpha value is -3.67. The average Bonchev–Trinajstić information content (AvgIpc) is 2.80. The van der Waals surface area contributed by atoms with E-state index in [0.29, 0.717) is 37.2 Å². The molecule has 0 heterocycles. The number of para-hydroxylation sites is 1. The maximum Gasteiger partial charge on any atom is 0.243 e. The first kappa shape index (κ1) is 23.0. The maximum absolute atomic E-state index is 12.3. The number of carbonyl (C=O) groups is 1. The van der Waals surface area contributed by atoms with Crippen LogP contribution in [0.1, 0.15) is 13.8 Å². The zero-order chi connectivity index (χ0) is 22.6. The van der Waals surface area contributed by atoms with Crippen LogP contribution >= 0.6 is 0 Å². The number of rotatable bonds is 12. The lowest BCUT2D eigenvalue weighted by molar-refractivity contribution is -0.114. The summed E-state index contributed by atoms with van der Waals surface area (Å²) in [5.41, 5.74) is 1.50. The molecule has 0 saturated carbocycles. The summed E-state index contributed by atoms with van der Waals surface area (Å²) in [5, 5.41) is 6.00. The average molecular weight is 435 g/mol. The van der Waals surface area contributed by atoms with Crippen LogP contribution in [0.15, 0.2) is 78.9 Å². The summed E-state index contributed by atoms with van der Waals surface area (Å²) in [5.74, 6) is 2.56. The fraction of sp³-hybridized carbons (Fsp3) is 0.269. The Kier molecular flexibility index (Phi) is 8.80. The molecule has 0 aliphatic rings. The Labute approximate surface area is 189 Å². The molecule has 6 heteroatoms. The van der Waals surface area contributed by atoms with Crippen molar-refractivity contribution in [3.8, 4) is 17.2 Å². The minimum Gasteiger partial charge on any atom is -0.493 e. The van der Waals surface area contributed by atoms with Gasteiger partial charge in [-0.1, -0.05) is 44.2 Å². The summed E-state index contributed by atoms with van der Waals surface area (Å²) >= 11 is 0. The summed E-state index contributed by atoms with van der Waals surface area (Å²) in [6, 6.07) is 24.5. The van der Waals surface area contributed by atoms with E-state index < -0.39 is 0 Å². The van der Waals surface area contributed by atoms with E-state index in [-0.39, 0.29) is 12.5 Å². The van der Waals surface area contributed by atoms with Gasteiger partial charge in [-0.05, 0) is 42.3 Å². The lowest BCUT2D eigenvalue weighted by Gasteiger charge is -2.12. The summed E-state index contributed by atoms with van der Waals surface area (Å²) in [4.78, 5) is 12.3. The molecular formula is C26H30N2O4. The van der Waals surface area contributed by atoms with Crippen LogP contribution in [0.25, 0.3) is 0 Å². The Morgan fingerprint density at radius 1 is 0.750 bits per heavy atom. The van der Waals surface area contributed by atoms with Gasteiger partial charge in [0.1, 0.15) is 30.5 Å². The summed E-state index contributed by atoms with van der Waals surface area (Å²) in [7, 11) is 0. The van der Waals surface area contributed by atoms with E-state index in [1.807, 2.05) is 72.8 Å². The summed E-state index contributed by atoms with van der Waals surface area (Å²) in [6.45, 7) is 5.84. The van der Waals surface area contributed by atoms with Crippen molar-refractivity contribution in [2.24, 2.45) is 5.92 Å². The van der Waals surface area contributed by atoms with Crippen molar-refractivity contribution in [2.75, 3.05) is 37.0 Å². The van der Waals surface area contributed by atoms with Crippen LogP contribution in [-0.2, 0) is 4.79 Å². The van der Waals surface area contributed by atoms with Gasteiger partial charge in [-0.3, -0.25) is 4.79 Å². The van der Waals surface area contributed by atoms with Gasteiger partial charge in [0.15, 0.2) is 0 Å². The minimum atomic E-state index is -0.150. The van der Waals surface area contributed by atoms with Crippen LogP contribution in [0.3, 0.4) is 0 Å². The van der Waals surface area contributed by atoms with E-state index in [4.69, 9.17) is 14.2 Å². The molecule has 3 rings (SSSR count). The van der Waals surface area contributed by atoms with E-state index in [0.717, 1.165) is 17.2 Å². The largest absolute Gasteiger partial charge is 0.493 e. The summed E-state index contributed by atoms with van der Waals surface area (Å²) < 4.78 is 17.1. The number of nitrogens with one attached hydrogen (secondary N) is 2. The normalized spacial score (nSPS) is 10.5. The lowest BCUT2D eigenvalue weighted by atomic mass is 10.2. The topological polar surface area (TPSA) is 68.8 Å². The number of hydrogen-bond donors (Lipinski definition) is 2. The molecule has 3 aromatic rings. The molecule has 168 valence electrons. The highest BCUT2D eigenvalue weighted by Gasteiger charge is 2.05. The third kappa shape index (κ3) is 8.22. The monoisotopic (exact) mass is 434 g/mol. The molecule has 0 aliphatic heterocycles. The molecule has 0 unspecified atom stereocenters. The van der Waals surface area contributed by atoms with Crippen LogP contribution in [0.5, 0.6) is 17.2 Å². The van der Waals surface area contributed by atoms with Crippen LogP contribution in [0.2, 0.25) is 0 Å². The third-order valence-corrected chi connectivity index (χ3v) is 4.35. The second-order valence-electron chi connectivity index (χ2n) is 7.67. The highest BCUT2D eigenvalue weighted by atomic mass is 16.5. The van der Waals surface area contributed by atoms with Crippen LogP contribution in [0.4, 0.5) is 11.4 Å². The molecular weight excluding hydrogens is 404 g/mol. The molecule has 3 aromatic carbocycles. The number of anilines is 2. The predicted molar refractivity (Wildman–Crippen MR) is 128 cm³/mol. The first-order valence-corrected chi connectivity index (χ1v) is 10.8. The summed E-state index contributed by atoms with van der Waals surface area (Å²) in [6.07, 6.45) is 0. The Bertz CT molecular complexity index is 976. The Morgan fingerprint density at radius 3 is 2.06 bits per heavy atom. The second-order valence-corrected chi connectivity index (χ2v) is 7.67. The first-order chi connectivity index (χ1) is 15.6. The Balaban J connectivity index is 1.41.